The molecule has 1 rings (SSSR count). The molecule has 0 radical (unpaired) electrons. The Morgan fingerprint density at radius 2 is 1.82 bits per heavy atom. The van der Waals surface area contributed by atoms with Gasteiger partial charge in [-0.3, -0.25) is 4.79 Å². The van der Waals surface area contributed by atoms with Crippen molar-refractivity contribution in [2.45, 2.75) is 19.1 Å². The molecule has 7 nitrogen and oxygen atoms in total. The summed E-state index contributed by atoms with van der Waals surface area (Å²) in [5.41, 5.74) is 0.727. The van der Waals surface area contributed by atoms with Crippen molar-refractivity contribution in [3.63, 3.8) is 0 Å². The number of hydrogen-bond donors (Lipinski definition) is 3. The molecule has 0 fully saturated rings. The van der Waals surface area contributed by atoms with E-state index in [4.69, 9.17) is 14.9 Å². The van der Waals surface area contributed by atoms with E-state index < -0.39 is 30.0 Å². The van der Waals surface area contributed by atoms with E-state index in [9.17, 15) is 14.4 Å². The summed E-state index contributed by atoms with van der Waals surface area (Å²) in [6.07, 6.45) is 0.198. The Morgan fingerprint density at radius 1 is 1.18 bits per heavy atom. The fraction of sp³-hybridized carbons (Fsp3) is 0.267. The van der Waals surface area contributed by atoms with Crippen LogP contribution >= 0.6 is 0 Å². The molecule has 0 bridgehead atoms. The van der Waals surface area contributed by atoms with Crippen LogP contribution in [0.15, 0.2) is 43.0 Å². The number of carboxylic acids is 2. The van der Waals surface area contributed by atoms with Crippen molar-refractivity contribution in [2.24, 2.45) is 5.92 Å². The monoisotopic (exact) mass is 307 g/mol. The first-order valence-electron chi connectivity index (χ1n) is 6.49. The normalized spacial score (nSPS) is 12.7. The fourth-order valence-corrected chi connectivity index (χ4v) is 1.79. The molecule has 1 aromatic rings. The molecule has 118 valence electrons. The van der Waals surface area contributed by atoms with Crippen molar-refractivity contribution in [2.75, 3.05) is 0 Å². The summed E-state index contributed by atoms with van der Waals surface area (Å²) >= 11 is 0. The highest BCUT2D eigenvalue weighted by Crippen LogP contribution is 2.11. The summed E-state index contributed by atoms with van der Waals surface area (Å²) < 4.78 is 4.88. The third-order valence-electron chi connectivity index (χ3n) is 2.89. The van der Waals surface area contributed by atoms with Crippen LogP contribution in [0.2, 0.25) is 0 Å². The average Bonchev–Trinajstić information content (AvgIpc) is 2.49. The zero-order chi connectivity index (χ0) is 16.5. The van der Waals surface area contributed by atoms with Crippen molar-refractivity contribution in [1.82, 2.24) is 5.32 Å². The highest BCUT2D eigenvalue weighted by Gasteiger charge is 2.34. The van der Waals surface area contributed by atoms with Gasteiger partial charge in [0.15, 0.2) is 0 Å². The summed E-state index contributed by atoms with van der Waals surface area (Å²) in [6, 6.07) is 7.21. The molecule has 2 atom stereocenters. The van der Waals surface area contributed by atoms with E-state index in [1.54, 1.807) is 30.3 Å². The molecule has 1 amide bonds. The van der Waals surface area contributed by atoms with E-state index >= 15 is 0 Å². The molecule has 0 spiro atoms. The third kappa shape index (κ3) is 5.28. The van der Waals surface area contributed by atoms with Crippen molar-refractivity contribution in [3.8, 4) is 0 Å². The molecule has 0 heterocycles. The third-order valence-corrected chi connectivity index (χ3v) is 2.89. The predicted octanol–water partition coefficient (Wildman–Crippen LogP) is 1.64. The Morgan fingerprint density at radius 3 is 2.32 bits per heavy atom. The maximum atomic E-state index is 11.6. The summed E-state index contributed by atoms with van der Waals surface area (Å²) in [5.74, 6) is -4.11. The number of carbonyl (C=O) groups excluding carboxylic acids is 1. The molecule has 0 aliphatic heterocycles. The smallest absolute Gasteiger partial charge is 0.408 e. The minimum Gasteiger partial charge on any atom is -0.481 e. The quantitative estimate of drug-likeness (QED) is 0.629. The second-order valence-corrected chi connectivity index (χ2v) is 4.49. The zero-order valence-corrected chi connectivity index (χ0v) is 11.8. The molecule has 1 aromatic carbocycles. The van der Waals surface area contributed by atoms with Crippen LogP contribution in [0.25, 0.3) is 0 Å². The lowest BCUT2D eigenvalue weighted by molar-refractivity contribution is -0.150. The second-order valence-electron chi connectivity index (χ2n) is 4.49. The van der Waals surface area contributed by atoms with Gasteiger partial charge >= 0.3 is 18.0 Å². The van der Waals surface area contributed by atoms with E-state index in [2.05, 4.69) is 11.9 Å². The molecule has 0 saturated carbocycles. The summed E-state index contributed by atoms with van der Waals surface area (Å²) in [7, 11) is 0. The van der Waals surface area contributed by atoms with Crippen molar-refractivity contribution in [3.05, 3.63) is 48.6 Å². The van der Waals surface area contributed by atoms with E-state index in [0.29, 0.717) is 0 Å². The van der Waals surface area contributed by atoms with Crippen LogP contribution in [0.4, 0.5) is 4.79 Å². The van der Waals surface area contributed by atoms with Gasteiger partial charge < -0.3 is 20.3 Å². The van der Waals surface area contributed by atoms with E-state index in [-0.39, 0.29) is 13.0 Å². The van der Waals surface area contributed by atoms with Gasteiger partial charge in [-0.25, -0.2) is 9.59 Å². The van der Waals surface area contributed by atoms with E-state index in [1.807, 2.05) is 0 Å². The number of aliphatic carboxylic acids is 2. The van der Waals surface area contributed by atoms with Crippen molar-refractivity contribution < 1.29 is 29.3 Å². The van der Waals surface area contributed by atoms with Gasteiger partial charge in [0.1, 0.15) is 12.6 Å². The van der Waals surface area contributed by atoms with Gasteiger partial charge in [-0.05, 0) is 12.0 Å². The molecule has 0 aliphatic rings. The standard InChI is InChI=1S/C15H17NO6/c1-2-6-11(13(17)18)12(14(19)20)16-15(21)22-9-10-7-4-3-5-8-10/h2-5,7-8,11-12H,1,6,9H2,(H,16,21)(H,17,18)(H,19,20)/t11-,12+/m1/s1. The first kappa shape index (κ1) is 17.2. The van der Waals surface area contributed by atoms with Gasteiger partial charge in [0.2, 0.25) is 0 Å². The molecule has 7 heteroatoms. The highest BCUT2D eigenvalue weighted by atomic mass is 16.5. The first-order chi connectivity index (χ1) is 10.5. The molecule has 0 aromatic heterocycles. The molecule has 0 aliphatic carbocycles. The lowest BCUT2D eigenvalue weighted by atomic mass is 9.96. The number of nitrogens with one attached hydrogen (secondary N) is 1. The summed E-state index contributed by atoms with van der Waals surface area (Å²) in [6.45, 7) is 3.34. The molecule has 22 heavy (non-hydrogen) atoms. The van der Waals surface area contributed by atoms with Crippen LogP contribution < -0.4 is 5.32 Å². The van der Waals surface area contributed by atoms with Crippen LogP contribution in [0.1, 0.15) is 12.0 Å². The largest absolute Gasteiger partial charge is 0.481 e. The number of carboxylic acid groups (broad SMARTS) is 2. The summed E-state index contributed by atoms with van der Waals surface area (Å²) in [4.78, 5) is 33.9. The Labute approximate surface area is 127 Å². The minimum absolute atomic E-state index is 0.0434. The number of benzene rings is 1. The average molecular weight is 307 g/mol. The lowest BCUT2D eigenvalue weighted by Gasteiger charge is -2.20. The molecule has 0 unspecified atom stereocenters. The minimum atomic E-state index is -1.60. The predicted molar refractivity (Wildman–Crippen MR) is 77.1 cm³/mol. The number of alkyl carbamates (subject to hydrolysis) is 1. The molecule has 3 N–H and O–H groups in total. The number of carbonyl (C=O) groups is 3. The SMILES string of the molecule is C=CC[C@@H](C(=O)O)[C@H](NC(=O)OCc1ccccc1)C(=O)O. The van der Waals surface area contributed by atoms with Crippen LogP contribution in [0, 0.1) is 5.92 Å². The van der Waals surface area contributed by atoms with E-state index in [1.165, 1.54) is 6.08 Å². The van der Waals surface area contributed by atoms with Gasteiger partial charge in [-0.15, -0.1) is 6.58 Å². The zero-order valence-electron chi connectivity index (χ0n) is 11.8. The van der Waals surface area contributed by atoms with E-state index in [0.717, 1.165) is 5.56 Å². The van der Waals surface area contributed by atoms with Crippen LogP contribution in [-0.4, -0.2) is 34.3 Å². The highest BCUT2D eigenvalue weighted by molar-refractivity contribution is 5.86. The van der Waals surface area contributed by atoms with Crippen LogP contribution in [0.5, 0.6) is 0 Å². The Hall–Kier alpha value is -2.83. The Kier molecular flexibility index (Phi) is 6.62. The van der Waals surface area contributed by atoms with Gasteiger partial charge in [0.05, 0.1) is 5.92 Å². The van der Waals surface area contributed by atoms with Gasteiger partial charge in [0.25, 0.3) is 0 Å². The second kappa shape index (κ2) is 8.46. The van der Waals surface area contributed by atoms with Crippen LogP contribution in [0.3, 0.4) is 0 Å². The van der Waals surface area contributed by atoms with Gasteiger partial charge in [0, 0.05) is 0 Å². The molecule has 0 saturated heterocycles. The lowest BCUT2D eigenvalue weighted by Crippen LogP contribution is -2.48. The molecular formula is C15H17NO6. The number of allylic oxidation sites excluding steroid dienone is 1. The topological polar surface area (TPSA) is 113 Å². The maximum absolute atomic E-state index is 11.6. The van der Waals surface area contributed by atoms with Crippen molar-refractivity contribution in [1.29, 1.82) is 0 Å². The number of ether oxygens (including phenoxy) is 1. The number of hydrogen-bond acceptors (Lipinski definition) is 4. The number of amides is 1. The van der Waals surface area contributed by atoms with Crippen molar-refractivity contribution >= 4 is 18.0 Å². The van der Waals surface area contributed by atoms with Crippen LogP contribution in [-0.2, 0) is 20.9 Å². The first-order valence-corrected chi connectivity index (χ1v) is 6.49. The number of rotatable bonds is 8. The van der Waals surface area contributed by atoms with Gasteiger partial charge in [-0.2, -0.15) is 0 Å². The Bertz CT molecular complexity index is 542. The van der Waals surface area contributed by atoms with Gasteiger partial charge in [-0.1, -0.05) is 36.4 Å². The molecular weight excluding hydrogens is 290 g/mol. The summed E-state index contributed by atoms with van der Waals surface area (Å²) in [5, 5.41) is 20.2. The Balaban J connectivity index is 2.65. The maximum Gasteiger partial charge on any atom is 0.408 e. The fourth-order valence-electron chi connectivity index (χ4n) is 1.79.